The quantitative estimate of drug-likeness (QED) is 0.142. The molecule has 244 valence electrons. The lowest BCUT2D eigenvalue weighted by Crippen LogP contribution is -2.62. The van der Waals surface area contributed by atoms with Gasteiger partial charge < -0.3 is 37.7 Å². The van der Waals surface area contributed by atoms with Crippen molar-refractivity contribution in [3.63, 3.8) is 0 Å². The van der Waals surface area contributed by atoms with E-state index in [1.54, 1.807) is 6.92 Å². The van der Waals surface area contributed by atoms with Gasteiger partial charge in [0.05, 0.1) is 0 Å². The van der Waals surface area contributed by atoms with Gasteiger partial charge in [-0.15, -0.1) is 0 Å². The SMILES string of the molecule is CC[Si](C)(C)O[Si](C)(C)O[Si](C)(C)O[Si](C)(C)O[Si](C)(C)O[Si](C)(C)O[Si](C)(C)O[Si](CC)(OC(C)=O)OC(C)=O. The molecular weight excluding hydrogens is 665 g/mol. The van der Waals surface area contributed by atoms with Crippen molar-refractivity contribution in [2.75, 3.05) is 0 Å². The van der Waals surface area contributed by atoms with Gasteiger partial charge in [-0.1, -0.05) is 13.8 Å². The van der Waals surface area contributed by atoms with E-state index in [-0.39, 0.29) is 6.04 Å². The highest BCUT2D eigenvalue weighted by Gasteiger charge is 2.54. The number of hydrogen-bond acceptors (Lipinski definition) is 11. The summed E-state index contributed by atoms with van der Waals surface area (Å²) in [6, 6.07) is 1.26. The lowest BCUT2D eigenvalue weighted by Gasteiger charge is -2.44. The van der Waals surface area contributed by atoms with E-state index < -0.39 is 80.4 Å². The van der Waals surface area contributed by atoms with Gasteiger partial charge in [-0.3, -0.25) is 9.59 Å². The van der Waals surface area contributed by atoms with Crippen molar-refractivity contribution in [1.29, 1.82) is 0 Å². The molecule has 0 bridgehead atoms. The molecule has 0 amide bonds. The van der Waals surface area contributed by atoms with Crippen LogP contribution in [0.3, 0.4) is 0 Å². The lowest BCUT2D eigenvalue weighted by molar-refractivity contribution is -0.141. The van der Waals surface area contributed by atoms with Crippen LogP contribution >= 0.6 is 0 Å². The van der Waals surface area contributed by atoms with Crippen molar-refractivity contribution in [2.45, 2.75) is 131 Å². The van der Waals surface area contributed by atoms with Crippen LogP contribution < -0.4 is 0 Å². The van der Waals surface area contributed by atoms with E-state index >= 15 is 0 Å². The maximum Gasteiger partial charge on any atom is 0.626 e. The molecule has 0 radical (unpaired) electrons. The molecule has 0 N–H and O–H groups in total. The second-order valence-corrected chi connectivity index (χ2v) is 42.7. The van der Waals surface area contributed by atoms with Gasteiger partial charge >= 0.3 is 60.2 Å². The van der Waals surface area contributed by atoms with Crippen LogP contribution in [0.5, 0.6) is 0 Å². The molecule has 0 rings (SSSR count). The molecule has 0 aromatic carbocycles. The van der Waals surface area contributed by atoms with E-state index in [1.807, 2.05) is 65.5 Å². The summed E-state index contributed by atoms with van der Waals surface area (Å²) < 4.78 is 56.7. The average Bonchev–Trinajstić information content (AvgIpc) is 2.59. The minimum absolute atomic E-state index is 0.236. The lowest BCUT2D eigenvalue weighted by atomic mass is 10.9. The zero-order chi connectivity index (χ0) is 32.9. The van der Waals surface area contributed by atoms with Crippen LogP contribution in [0.2, 0.25) is 104 Å². The summed E-state index contributed by atoms with van der Waals surface area (Å²) >= 11 is 0. The summed E-state index contributed by atoms with van der Waals surface area (Å²) in [5, 5.41) is 0. The topological polar surface area (TPSA) is 117 Å². The summed E-state index contributed by atoms with van der Waals surface area (Å²) in [5.41, 5.74) is 0. The molecule has 0 aromatic rings. The Morgan fingerprint density at radius 1 is 0.415 bits per heavy atom. The third-order valence-electron chi connectivity index (χ3n) is 5.26. The van der Waals surface area contributed by atoms with Crippen LogP contribution in [0.4, 0.5) is 0 Å². The molecule has 41 heavy (non-hydrogen) atoms. The first-order valence-electron chi connectivity index (χ1n) is 14.2. The Kier molecular flexibility index (Phi) is 14.8. The zero-order valence-corrected chi connectivity index (χ0v) is 36.9. The first kappa shape index (κ1) is 41.4. The van der Waals surface area contributed by atoms with E-state index in [0.29, 0.717) is 0 Å². The van der Waals surface area contributed by atoms with Crippen LogP contribution in [0.25, 0.3) is 0 Å². The first-order valence-corrected chi connectivity index (χ1v) is 36.1. The van der Waals surface area contributed by atoms with E-state index in [1.165, 1.54) is 13.8 Å². The van der Waals surface area contributed by atoms with Crippen molar-refractivity contribution >= 4 is 80.4 Å². The van der Waals surface area contributed by atoms with Crippen molar-refractivity contribution in [3.8, 4) is 0 Å². The summed E-state index contributed by atoms with van der Waals surface area (Å²) in [6.45, 7) is 34.6. The fraction of sp³-hybridized carbons (Fsp3) is 0.909. The number of carbonyl (C=O) groups excluding carboxylic acids is 2. The van der Waals surface area contributed by atoms with Crippen LogP contribution in [-0.2, 0) is 47.2 Å². The Morgan fingerprint density at radius 2 is 0.659 bits per heavy atom. The Hall–Kier alpha value is 0.395. The van der Waals surface area contributed by atoms with Crippen LogP contribution in [0.15, 0.2) is 0 Å². The molecule has 0 unspecified atom stereocenters. The van der Waals surface area contributed by atoms with Gasteiger partial charge in [0.25, 0.3) is 11.9 Å². The fourth-order valence-electron chi connectivity index (χ4n) is 4.91. The minimum Gasteiger partial charge on any atom is -0.465 e. The molecule has 19 heteroatoms. The van der Waals surface area contributed by atoms with Crippen LogP contribution in [0.1, 0.15) is 27.7 Å². The molecule has 0 aliphatic rings. The van der Waals surface area contributed by atoms with Gasteiger partial charge in [-0.25, -0.2) is 0 Å². The van der Waals surface area contributed by atoms with E-state index in [4.69, 9.17) is 37.7 Å². The van der Waals surface area contributed by atoms with E-state index in [9.17, 15) is 9.59 Å². The average molecular weight is 723 g/mol. The first-order chi connectivity index (χ1) is 17.9. The second kappa shape index (κ2) is 14.7. The van der Waals surface area contributed by atoms with Crippen molar-refractivity contribution in [1.82, 2.24) is 0 Å². The van der Waals surface area contributed by atoms with Crippen LogP contribution in [0, 0.1) is 0 Å². The Labute approximate surface area is 258 Å². The highest BCUT2D eigenvalue weighted by atomic mass is 28.5. The normalized spacial score (nSPS) is 14.7. The van der Waals surface area contributed by atoms with Crippen LogP contribution in [-0.4, -0.2) is 80.4 Å². The highest BCUT2D eigenvalue weighted by molar-refractivity contribution is 6.92. The summed E-state index contributed by atoms with van der Waals surface area (Å²) in [5.74, 6) is -1.15. The summed E-state index contributed by atoms with van der Waals surface area (Å²) in [4.78, 5) is 23.6. The molecular formula is C22H58O11Si8. The Morgan fingerprint density at radius 3 is 0.878 bits per heavy atom. The number of rotatable bonds is 18. The predicted molar refractivity (Wildman–Crippen MR) is 180 cm³/mol. The molecule has 11 nitrogen and oxygen atoms in total. The molecule has 0 saturated carbocycles. The van der Waals surface area contributed by atoms with Crippen molar-refractivity contribution < 1.29 is 47.2 Å². The van der Waals surface area contributed by atoms with Crippen molar-refractivity contribution in [3.05, 3.63) is 0 Å². The highest BCUT2D eigenvalue weighted by Crippen LogP contribution is 2.30. The number of carbonyl (C=O) groups is 2. The van der Waals surface area contributed by atoms with Crippen molar-refractivity contribution in [2.24, 2.45) is 0 Å². The molecule has 0 heterocycles. The summed E-state index contributed by atoms with van der Waals surface area (Å²) in [7, 11) is -21.7. The monoisotopic (exact) mass is 722 g/mol. The van der Waals surface area contributed by atoms with Gasteiger partial charge in [0.15, 0.2) is 8.32 Å². The third kappa shape index (κ3) is 17.5. The molecule has 0 saturated heterocycles. The minimum atomic E-state index is -3.63. The number of hydrogen-bond donors (Lipinski definition) is 0. The molecule has 0 atom stereocenters. The molecule has 0 fully saturated rings. The second-order valence-electron chi connectivity index (χ2n) is 13.5. The van der Waals surface area contributed by atoms with Gasteiger partial charge in [0, 0.05) is 19.9 Å². The smallest absolute Gasteiger partial charge is 0.465 e. The standard InChI is InChI=1S/C22H58O11Si8/c1-19-34(5,6)27-35(7,8)28-36(9,10)29-37(11,12)30-38(13,14)31-39(15,16)32-40(17,18)33-41(20-2,25-21(3)23)26-22(4)24/h19-20H2,1-18H3. The van der Waals surface area contributed by atoms with E-state index in [2.05, 4.69) is 33.1 Å². The fourth-order valence-corrected chi connectivity index (χ4v) is 42.9. The Bertz CT molecular complexity index is 879. The predicted octanol–water partition coefficient (Wildman–Crippen LogP) is 6.62. The zero-order valence-electron chi connectivity index (χ0n) is 28.9. The van der Waals surface area contributed by atoms with Gasteiger partial charge in [0.1, 0.15) is 0 Å². The summed E-state index contributed by atoms with van der Waals surface area (Å²) in [6.07, 6.45) is 0. The van der Waals surface area contributed by atoms with Gasteiger partial charge in [0.2, 0.25) is 0 Å². The van der Waals surface area contributed by atoms with Gasteiger partial charge in [-0.05, 0) is 97.7 Å². The Balaban J connectivity index is 5.62. The molecule has 0 aliphatic heterocycles. The molecule has 0 spiro atoms. The molecule has 0 aliphatic carbocycles. The third-order valence-corrected chi connectivity index (χ3v) is 36.1. The molecule has 0 aromatic heterocycles. The largest absolute Gasteiger partial charge is 0.626 e. The maximum atomic E-state index is 11.8. The van der Waals surface area contributed by atoms with E-state index in [0.717, 1.165) is 6.04 Å². The maximum absolute atomic E-state index is 11.8. The van der Waals surface area contributed by atoms with Gasteiger partial charge in [-0.2, -0.15) is 0 Å².